The van der Waals surface area contributed by atoms with E-state index in [0.29, 0.717) is 27.4 Å². The van der Waals surface area contributed by atoms with E-state index >= 15 is 0 Å². The molecule has 1 atom stereocenters. The van der Waals surface area contributed by atoms with E-state index < -0.39 is 12.1 Å². The van der Waals surface area contributed by atoms with Crippen molar-refractivity contribution >= 4 is 41.4 Å². The Bertz CT molecular complexity index is 960. The fourth-order valence-electron chi connectivity index (χ4n) is 2.74. The van der Waals surface area contributed by atoms with Gasteiger partial charge in [0.2, 0.25) is 0 Å². The van der Waals surface area contributed by atoms with Gasteiger partial charge in [0, 0.05) is 18.7 Å². The summed E-state index contributed by atoms with van der Waals surface area (Å²) in [4.78, 5) is 29.7. The number of fused-ring (bicyclic) bond motifs is 1. The number of aryl methyl sites for hydroxylation is 1. The van der Waals surface area contributed by atoms with Crippen LogP contribution >= 0.6 is 11.8 Å². The van der Waals surface area contributed by atoms with Gasteiger partial charge in [-0.15, -0.1) is 0 Å². The third-order valence-corrected chi connectivity index (χ3v) is 5.37. The Kier molecular flexibility index (Phi) is 5.46. The van der Waals surface area contributed by atoms with Crippen LogP contribution in [0.2, 0.25) is 0 Å². The maximum absolute atomic E-state index is 12.6. The summed E-state index contributed by atoms with van der Waals surface area (Å²) in [6.45, 7) is 1.65. The molecule has 1 unspecified atom stereocenters. The van der Waals surface area contributed by atoms with Gasteiger partial charge in [-0.1, -0.05) is 30.0 Å². The molecule has 0 bridgehead atoms. The van der Waals surface area contributed by atoms with Crippen LogP contribution in [0.3, 0.4) is 0 Å². The Hall–Kier alpha value is -2.81. The highest BCUT2D eigenvalue weighted by Crippen LogP contribution is 2.41. The number of halogens is 3. The molecule has 0 saturated heterocycles. The second-order valence-corrected chi connectivity index (χ2v) is 7.31. The Morgan fingerprint density at radius 2 is 2.07 bits per heavy atom. The number of allylic oxidation sites excluding steroid dienone is 1. The van der Waals surface area contributed by atoms with Gasteiger partial charge in [-0.3, -0.25) is 4.79 Å². The quantitative estimate of drug-likeness (QED) is 0.767. The molecule has 5 nitrogen and oxygen atoms in total. The van der Waals surface area contributed by atoms with Crippen LogP contribution in [0.4, 0.5) is 24.5 Å². The molecule has 2 heterocycles. The molecule has 1 amide bonds. The summed E-state index contributed by atoms with van der Waals surface area (Å²) in [6, 6.07) is 6.17. The van der Waals surface area contributed by atoms with Crippen LogP contribution in [-0.4, -0.2) is 35.8 Å². The Morgan fingerprint density at radius 3 is 2.71 bits per heavy atom. The maximum atomic E-state index is 12.6. The third kappa shape index (κ3) is 4.36. The zero-order valence-electron chi connectivity index (χ0n) is 14.9. The number of likely N-dealkylation sites (N-methyl/N-ethyl adjacent to an activating group) is 1. The van der Waals surface area contributed by atoms with Crippen LogP contribution in [-0.2, 0) is 4.79 Å². The highest BCUT2D eigenvalue weighted by molar-refractivity contribution is 8.01. The highest BCUT2D eigenvalue weighted by atomic mass is 32.2. The molecule has 1 aromatic heterocycles. The largest absolute Gasteiger partial charge is 0.409 e. The van der Waals surface area contributed by atoms with Gasteiger partial charge in [0.1, 0.15) is 10.4 Å². The molecule has 0 aliphatic carbocycles. The van der Waals surface area contributed by atoms with Crippen LogP contribution < -0.4 is 10.2 Å². The van der Waals surface area contributed by atoms with Crippen LogP contribution in [0, 0.1) is 6.92 Å². The van der Waals surface area contributed by atoms with Crippen molar-refractivity contribution in [1.82, 2.24) is 4.98 Å². The number of pyridine rings is 1. The first-order valence-corrected chi connectivity index (χ1v) is 9.09. The second-order valence-electron chi connectivity index (χ2n) is 6.21. The summed E-state index contributed by atoms with van der Waals surface area (Å²) in [6.07, 6.45) is -0.961. The lowest BCUT2D eigenvalue weighted by Crippen LogP contribution is -2.25. The van der Waals surface area contributed by atoms with Crippen molar-refractivity contribution in [3.05, 3.63) is 53.2 Å². The first kappa shape index (κ1) is 19.9. The van der Waals surface area contributed by atoms with E-state index in [4.69, 9.17) is 0 Å². The van der Waals surface area contributed by atoms with E-state index in [-0.39, 0.29) is 11.4 Å². The summed E-state index contributed by atoms with van der Waals surface area (Å²) in [7, 11) is 1.77. The molecular formula is C19H16F3N3O2S. The van der Waals surface area contributed by atoms with Crippen molar-refractivity contribution in [2.45, 2.75) is 23.5 Å². The molecule has 28 heavy (non-hydrogen) atoms. The van der Waals surface area contributed by atoms with E-state index in [0.717, 1.165) is 18.0 Å². The summed E-state index contributed by atoms with van der Waals surface area (Å²) < 4.78 is 36.8. The zero-order chi connectivity index (χ0) is 20.5. The Labute approximate surface area is 163 Å². The number of aromatic nitrogens is 1. The fourth-order valence-corrected chi connectivity index (χ4v) is 3.73. The number of anilines is 2. The van der Waals surface area contributed by atoms with Gasteiger partial charge >= 0.3 is 6.18 Å². The van der Waals surface area contributed by atoms with Crippen molar-refractivity contribution < 1.29 is 22.8 Å². The monoisotopic (exact) mass is 407 g/mol. The number of rotatable bonds is 4. The molecule has 9 heteroatoms. The third-order valence-electron chi connectivity index (χ3n) is 4.16. The number of hydrogen-bond donors (Lipinski definition) is 1. The van der Waals surface area contributed by atoms with Crippen LogP contribution in [0.15, 0.2) is 41.6 Å². The lowest BCUT2D eigenvalue weighted by atomic mass is 10.0. The number of benzene rings is 1. The van der Waals surface area contributed by atoms with Gasteiger partial charge in [0.05, 0.1) is 17.6 Å². The standard InChI is InChI=1S/C19H16F3N3O2S/c1-11-7-12(5-6-19(20,21)22)3-4-14(11)17(27)24-13-8-15-18(23-9-13)28-16(10-26)25(15)2/h3-10,16H,1-2H3,(H,24,27)/b6-5+. The molecule has 0 spiro atoms. The molecule has 0 fully saturated rings. The minimum atomic E-state index is -4.39. The fraction of sp³-hybridized carbons (Fsp3) is 0.211. The minimum absolute atomic E-state index is 0.152. The summed E-state index contributed by atoms with van der Waals surface area (Å²) in [5.74, 6) is -0.397. The first-order chi connectivity index (χ1) is 13.2. The van der Waals surface area contributed by atoms with Crippen LogP contribution in [0.25, 0.3) is 6.08 Å². The number of thioether (sulfide) groups is 1. The smallest absolute Gasteiger partial charge is 0.354 e. The molecule has 2 aromatic rings. The average Bonchev–Trinajstić information content (AvgIpc) is 2.95. The van der Waals surface area contributed by atoms with Crippen LogP contribution in [0.1, 0.15) is 21.5 Å². The van der Waals surface area contributed by atoms with Gasteiger partial charge in [0.25, 0.3) is 5.91 Å². The van der Waals surface area contributed by atoms with E-state index in [9.17, 15) is 22.8 Å². The van der Waals surface area contributed by atoms with E-state index in [2.05, 4.69) is 10.3 Å². The Morgan fingerprint density at radius 1 is 1.32 bits per heavy atom. The first-order valence-electron chi connectivity index (χ1n) is 8.21. The van der Waals surface area contributed by atoms with E-state index in [1.165, 1.54) is 36.2 Å². The van der Waals surface area contributed by atoms with Gasteiger partial charge < -0.3 is 15.0 Å². The van der Waals surface area contributed by atoms with E-state index in [1.807, 2.05) is 0 Å². The van der Waals surface area contributed by atoms with Gasteiger partial charge in [-0.25, -0.2) is 4.98 Å². The molecular weight excluding hydrogens is 391 g/mol. The molecule has 0 saturated carbocycles. The van der Waals surface area contributed by atoms with Crippen LogP contribution in [0.5, 0.6) is 0 Å². The number of amides is 1. The number of nitrogens with zero attached hydrogens (tertiary/aromatic N) is 2. The number of alkyl halides is 3. The maximum Gasteiger partial charge on any atom is 0.409 e. The molecule has 1 aliphatic rings. The number of hydrogen-bond acceptors (Lipinski definition) is 5. The number of carbonyl (C=O) groups excluding carboxylic acids is 2. The average molecular weight is 407 g/mol. The summed E-state index contributed by atoms with van der Waals surface area (Å²) >= 11 is 1.33. The van der Waals surface area contributed by atoms with Crippen molar-refractivity contribution in [2.24, 2.45) is 0 Å². The molecule has 146 valence electrons. The molecule has 1 aromatic carbocycles. The minimum Gasteiger partial charge on any atom is -0.354 e. The molecule has 0 radical (unpaired) electrons. The van der Waals surface area contributed by atoms with Crippen molar-refractivity contribution in [3.8, 4) is 0 Å². The Balaban J connectivity index is 1.76. The van der Waals surface area contributed by atoms with Gasteiger partial charge in [-0.2, -0.15) is 13.2 Å². The molecule has 1 aliphatic heterocycles. The summed E-state index contributed by atoms with van der Waals surface area (Å²) in [5, 5.41) is 3.08. The summed E-state index contributed by atoms with van der Waals surface area (Å²) in [5.41, 5.74) is 2.44. The molecule has 3 rings (SSSR count). The zero-order valence-corrected chi connectivity index (χ0v) is 15.8. The number of aldehydes is 1. The topological polar surface area (TPSA) is 62.3 Å². The van der Waals surface area contributed by atoms with Crippen molar-refractivity contribution in [1.29, 1.82) is 0 Å². The lowest BCUT2D eigenvalue weighted by Gasteiger charge is -2.16. The predicted octanol–water partition coefficient (Wildman–Crippen LogP) is 4.28. The highest BCUT2D eigenvalue weighted by Gasteiger charge is 2.28. The normalized spacial score (nSPS) is 16.3. The van der Waals surface area contributed by atoms with Crippen molar-refractivity contribution in [3.63, 3.8) is 0 Å². The number of nitrogens with one attached hydrogen (secondary N) is 1. The predicted molar refractivity (Wildman–Crippen MR) is 103 cm³/mol. The van der Waals surface area contributed by atoms with E-state index in [1.54, 1.807) is 24.9 Å². The van der Waals surface area contributed by atoms with Crippen molar-refractivity contribution in [2.75, 3.05) is 17.3 Å². The lowest BCUT2D eigenvalue weighted by molar-refractivity contribution is -0.107. The molecule has 1 N–H and O–H groups in total. The van der Waals surface area contributed by atoms with Gasteiger partial charge in [-0.05, 0) is 30.2 Å². The van der Waals surface area contributed by atoms with Gasteiger partial charge in [0.15, 0.2) is 6.29 Å². The second kappa shape index (κ2) is 7.67. The number of carbonyl (C=O) groups is 2. The SMILES string of the molecule is Cc1cc(/C=C/C(F)(F)F)ccc1C(=O)Nc1cnc2c(c1)N(C)C(C=O)S2.